The van der Waals surface area contributed by atoms with Gasteiger partial charge in [0.15, 0.2) is 5.96 Å². The number of hydrogen-bond donors (Lipinski definition) is 3. The standard InChI is InChI=1S/C19H33N5O3/c1-6-20-17(22-12-9-13-23-18(25)27-19(3,4)5)24-14-15-10-8-11-21-16(15)26-7-2/h8,10-11H,6-7,9,12-14H2,1-5H3,(H,23,25)(H2,20,22,24). The Morgan fingerprint density at radius 1 is 1.19 bits per heavy atom. The largest absolute Gasteiger partial charge is 0.478 e. The molecule has 0 saturated heterocycles. The van der Waals surface area contributed by atoms with Crippen LogP contribution in [0.2, 0.25) is 0 Å². The van der Waals surface area contributed by atoms with Crippen molar-refractivity contribution < 1.29 is 14.3 Å². The summed E-state index contributed by atoms with van der Waals surface area (Å²) in [4.78, 5) is 20.4. The van der Waals surface area contributed by atoms with Crippen molar-refractivity contribution in [3.05, 3.63) is 23.9 Å². The van der Waals surface area contributed by atoms with E-state index in [1.165, 1.54) is 0 Å². The third-order valence-electron chi connectivity index (χ3n) is 3.20. The third-order valence-corrected chi connectivity index (χ3v) is 3.20. The van der Waals surface area contributed by atoms with Gasteiger partial charge in [0, 0.05) is 31.4 Å². The number of hydrogen-bond acceptors (Lipinski definition) is 5. The Labute approximate surface area is 162 Å². The van der Waals surface area contributed by atoms with Gasteiger partial charge in [0.1, 0.15) is 5.60 Å². The van der Waals surface area contributed by atoms with Crippen LogP contribution in [0, 0.1) is 0 Å². The maximum Gasteiger partial charge on any atom is 0.407 e. The summed E-state index contributed by atoms with van der Waals surface area (Å²) in [6, 6.07) is 3.83. The summed E-state index contributed by atoms with van der Waals surface area (Å²) in [6.45, 7) is 12.4. The molecule has 0 aliphatic rings. The number of alkyl carbamates (subject to hydrolysis) is 1. The van der Waals surface area contributed by atoms with E-state index >= 15 is 0 Å². The van der Waals surface area contributed by atoms with Gasteiger partial charge in [-0.05, 0) is 47.1 Å². The molecule has 0 bridgehead atoms. The van der Waals surface area contributed by atoms with Crippen LogP contribution < -0.4 is 20.7 Å². The predicted octanol–water partition coefficient (Wildman–Crippen LogP) is 2.45. The molecule has 3 N–H and O–H groups in total. The van der Waals surface area contributed by atoms with Crippen molar-refractivity contribution in [3.63, 3.8) is 0 Å². The molecule has 0 unspecified atom stereocenters. The molecule has 0 radical (unpaired) electrons. The number of pyridine rings is 1. The molecule has 0 aliphatic carbocycles. The van der Waals surface area contributed by atoms with Crippen molar-refractivity contribution in [3.8, 4) is 5.88 Å². The van der Waals surface area contributed by atoms with Crippen LogP contribution in [0.25, 0.3) is 0 Å². The zero-order valence-electron chi connectivity index (χ0n) is 17.1. The number of guanidine groups is 1. The molecule has 0 spiro atoms. The molecule has 1 aromatic heterocycles. The van der Waals surface area contributed by atoms with Crippen LogP contribution in [0.5, 0.6) is 5.88 Å². The fraction of sp³-hybridized carbons (Fsp3) is 0.632. The van der Waals surface area contributed by atoms with Gasteiger partial charge >= 0.3 is 6.09 Å². The molecular weight excluding hydrogens is 346 g/mol. The van der Waals surface area contributed by atoms with E-state index in [1.54, 1.807) is 6.20 Å². The lowest BCUT2D eigenvalue weighted by atomic mass is 10.2. The minimum Gasteiger partial charge on any atom is -0.478 e. The normalized spacial score (nSPS) is 11.7. The van der Waals surface area contributed by atoms with Crippen LogP contribution in [0.4, 0.5) is 4.79 Å². The number of nitrogens with one attached hydrogen (secondary N) is 3. The predicted molar refractivity (Wildman–Crippen MR) is 107 cm³/mol. The zero-order valence-corrected chi connectivity index (χ0v) is 17.1. The molecule has 0 fully saturated rings. The molecule has 27 heavy (non-hydrogen) atoms. The summed E-state index contributed by atoms with van der Waals surface area (Å²) < 4.78 is 10.7. The van der Waals surface area contributed by atoms with Gasteiger partial charge in [0.05, 0.1) is 13.2 Å². The molecule has 8 nitrogen and oxygen atoms in total. The first-order valence-electron chi connectivity index (χ1n) is 9.41. The molecule has 152 valence electrons. The number of ether oxygens (including phenoxy) is 2. The summed E-state index contributed by atoms with van der Waals surface area (Å²) in [7, 11) is 0. The minimum atomic E-state index is -0.486. The third kappa shape index (κ3) is 10.3. The van der Waals surface area contributed by atoms with E-state index in [2.05, 4.69) is 25.9 Å². The smallest absolute Gasteiger partial charge is 0.407 e. The van der Waals surface area contributed by atoms with Gasteiger partial charge in [-0.15, -0.1) is 0 Å². The maximum absolute atomic E-state index is 11.6. The van der Waals surface area contributed by atoms with Crippen molar-refractivity contribution in [2.75, 3.05) is 26.2 Å². The summed E-state index contributed by atoms with van der Waals surface area (Å²) in [6.07, 6.45) is 2.06. The summed E-state index contributed by atoms with van der Waals surface area (Å²) in [5.41, 5.74) is 0.447. The Morgan fingerprint density at radius 2 is 1.93 bits per heavy atom. The van der Waals surface area contributed by atoms with E-state index in [0.717, 1.165) is 18.5 Å². The van der Waals surface area contributed by atoms with E-state index in [-0.39, 0.29) is 0 Å². The number of aromatic nitrogens is 1. The second kappa shape index (κ2) is 12.0. The highest BCUT2D eigenvalue weighted by Crippen LogP contribution is 2.15. The summed E-state index contributed by atoms with van der Waals surface area (Å²) in [5, 5.41) is 9.19. The topological polar surface area (TPSA) is 96.9 Å². The highest BCUT2D eigenvalue weighted by molar-refractivity contribution is 5.79. The van der Waals surface area contributed by atoms with E-state index in [4.69, 9.17) is 9.47 Å². The molecule has 1 amide bonds. The first-order valence-corrected chi connectivity index (χ1v) is 9.41. The lowest BCUT2D eigenvalue weighted by Crippen LogP contribution is -2.39. The molecule has 0 saturated carbocycles. The lowest BCUT2D eigenvalue weighted by molar-refractivity contribution is 0.0527. The molecular formula is C19H33N5O3. The molecule has 0 atom stereocenters. The zero-order chi connectivity index (χ0) is 20.1. The van der Waals surface area contributed by atoms with Gasteiger partial charge in [0.2, 0.25) is 5.88 Å². The Kier molecular flexibility index (Phi) is 10.00. The SMILES string of the molecule is CCNC(=NCc1cccnc1OCC)NCCCNC(=O)OC(C)(C)C. The number of carbonyl (C=O) groups is 1. The average molecular weight is 380 g/mol. The second-order valence-corrected chi connectivity index (χ2v) is 6.80. The van der Waals surface area contributed by atoms with E-state index in [1.807, 2.05) is 46.8 Å². The van der Waals surface area contributed by atoms with E-state index in [0.29, 0.717) is 38.1 Å². The van der Waals surface area contributed by atoms with Crippen LogP contribution in [0.1, 0.15) is 46.6 Å². The van der Waals surface area contributed by atoms with Gasteiger partial charge in [-0.1, -0.05) is 6.07 Å². The van der Waals surface area contributed by atoms with E-state index < -0.39 is 11.7 Å². The number of carbonyl (C=O) groups excluding carboxylic acids is 1. The van der Waals surface area contributed by atoms with Crippen molar-refractivity contribution in [2.45, 2.75) is 53.2 Å². The molecule has 0 aromatic carbocycles. The fourth-order valence-corrected chi connectivity index (χ4v) is 2.12. The first-order chi connectivity index (χ1) is 12.9. The molecule has 0 aliphatic heterocycles. The average Bonchev–Trinajstić information content (AvgIpc) is 2.59. The molecule has 1 heterocycles. The van der Waals surface area contributed by atoms with Crippen LogP contribution >= 0.6 is 0 Å². The Morgan fingerprint density at radius 3 is 2.59 bits per heavy atom. The molecule has 1 aromatic rings. The first kappa shape index (κ1) is 22.5. The van der Waals surface area contributed by atoms with Crippen molar-refractivity contribution >= 4 is 12.1 Å². The van der Waals surface area contributed by atoms with Crippen LogP contribution in [-0.2, 0) is 11.3 Å². The van der Waals surface area contributed by atoms with Crippen LogP contribution in [-0.4, -0.2) is 48.9 Å². The number of nitrogens with zero attached hydrogens (tertiary/aromatic N) is 2. The summed E-state index contributed by atoms with van der Waals surface area (Å²) in [5.74, 6) is 1.32. The molecule has 8 heteroatoms. The lowest BCUT2D eigenvalue weighted by Gasteiger charge is -2.19. The quantitative estimate of drug-likeness (QED) is 0.346. The minimum absolute atomic E-state index is 0.400. The molecule has 1 rings (SSSR count). The highest BCUT2D eigenvalue weighted by Gasteiger charge is 2.15. The van der Waals surface area contributed by atoms with Gasteiger partial charge in [-0.3, -0.25) is 0 Å². The van der Waals surface area contributed by atoms with Crippen molar-refractivity contribution in [2.24, 2.45) is 4.99 Å². The maximum atomic E-state index is 11.6. The number of amides is 1. The Balaban J connectivity index is 2.43. The monoisotopic (exact) mass is 379 g/mol. The van der Waals surface area contributed by atoms with Crippen LogP contribution in [0.15, 0.2) is 23.3 Å². The number of aliphatic imine (C=N–C) groups is 1. The van der Waals surface area contributed by atoms with Gasteiger partial charge < -0.3 is 25.4 Å². The van der Waals surface area contributed by atoms with Gasteiger partial charge in [-0.2, -0.15) is 0 Å². The Hall–Kier alpha value is -2.51. The Bertz CT molecular complexity index is 599. The van der Waals surface area contributed by atoms with E-state index in [9.17, 15) is 4.79 Å². The fourth-order valence-electron chi connectivity index (χ4n) is 2.12. The highest BCUT2D eigenvalue weighted by atomic mass is 16.6. The number of rotatable bonds is 9. The van der Waals surface area contributed by atoms with Crippen molar-refractivity contribution in [1.29, 1.82) is 0 Å². The van der Waals surface area contributed by atoms with Gasteiger partial charge in [0.25, 0.3) is 0 Å². The summed E-state index contributed by atoms with van der Waals surface area (Å²) >= 11 is 0. The van der Waals surface area contributed by atoms with Crippen molar-refractivity contribution in [1.82, 2.24) is 20.9 Å². The van der Waals surface area contributed by atoms with Gasteiger partial charge in [-0.25, -0.2) is 14.8 Å². The van der Waals surface area contributed by atoms with Crippen LogP contribution in [0.3, 0.4) is 0 Å². The second-order valence-electron chi connectivity index (χ2n) is 6.80.